The monoisotopic (exact) mass is 413 g/mol. The Bertz CT molecular complexity index is 962. The van der Waals surface area contributed by atoms with Crippen LogP contribution in [0, 0.1) is 0 Å². The van der Waals surface area contributed by atoms with Crippen LogP contribution in [0.1, 0.15) is 29.5 Å². The topological polar surface area (TPSA) is 52.7 Å². The molecule has 0 bridgehead atoms. The van der Waals surface area contributed by atoms with E-state index in [0.29, 0.717) is 19.5 Å². The van der Waals surface area contributed by atoms with Gasteiger partial charge in [0.05, 0.1) is 6.42 Å². The van der Waals surface area contributed by atoms with Crippen LogP contribution < -0.4 is 10.3 Å². The van der Waals surface area contributed by atoms with Crippen LogP contribution in [0.3, 0.4) is 0 Å². The Kier molecular flexibility index (Phi) is 6.75. The van der Waals surface area contributed by atoms with Gasteiger partial charge in [0.25, 0.3) is 0 Å². The molecule has 2 amide bonds. The molecule has 5 nitrogen and oxygen atoms in total. The number of rotatable bonds is 8. The lowest BCUT2D eigenvalue weighted by atomic mass is 10.1. The first-order valence-electron chi connectivity index (χ1n) is 10.7. The molecular formula is C26H27N3O2. The highest BCUT2D eigenvalue weighted by Crippen LogP contribution is 2.21. The zero-order valence-electron chi connectivity index (χ0n) is 17.5. The van der Waals surface area contributed by atoms with Gasteiger partial charge in [0.15, 0.2) is 0 Å². The molecule has 0 spiro atoms. The second-order valence-corrected chi connectivity index (χ2v) is 7.85. The van der Waals surface area contributed by atoms with Crippen molar-refractivity contribution in [1.29, 1.82) is 0 Å². The smallest absolute Gasteiger partial charge is 0.238 e. The molecule has 1 fully saturated rings. The van der Waals surface area contributed by atoms with E-state index >= 15 is 0 Å². The van der Waals surface area contributed by atoms with E-state index in [1.165, 1.54) is 0 Å². The Balaban J connectivity index is 1.40. The molecule has 1 N–H and O–H groups in total. The number of benzene rings is 3. The third kappa shape index (κ3) is 5.80. The van der Waals surface area contributed by atoms with Crippen molar-refractivity contribution in [3.8, 4) is 0 Å². The first-order chi connectivity index (χ1) is 15.2. The zero-order chi connectivity index (χ0) is 21.5. The van der Waals surface area contributed by atoms with Gasteiger partial charge in [0.2, 0.25) is 11.8 Å². The van der Waals surface area contributed by atoms with E-state index in [0.717, 1.165) is 35.3 Å². The molecule has 0 aromatic heterocycles. The standard InChI is InChI=1S/C26H27N3O2/c30-25(18-21-13-15-24(16-14-21)29-17-7-12-26(29)31)27-28(19-22-8-3-1-4-9-22)20-23-10-5-2-6-11-23/h1-6,8-11,13-16H,7,12,17-20H2,(H,27,30). The summed E-state index contributed by atoms with van der Waals surface area (Å²) in [6.07, 6.45) is 1.80. The molecule has 31 heavy (non-hydrogen) atoms. The average molecular weight is 414 g/mol. The molecule has 0 unspecified atom stereocenters. The summed E-state index contributed by atoms with van der Waals surface area (Å²) in [7, 11) is 0. The van der Waals surface area contributed by atoms with Gasteiger partial charge in [-0.25, -0.2) is 5.01 Å². The number of hydrazine groups is 1. The molecule has 0 atom stereocenters. The van der Waals surface area contributed by atoms with Crippen LogP contribution in [0.2, 0.25) is 0 Å². The van der Waals surface area contributed by atoms with Gasteiger partial charge in [-0.1, -0.05) is 72.8 Å². The molecular weight excluding hydrogens is 386 g/mol. The first-order valence-corrected chi connectivity index (χ1v) is 10.7. The Hall–Kier alpha value is -3.44. The molecule has 1 aliphatic heterocycles. The summed E-state index contributed by atoms with van der Waals surface area (Å²) >= 11 is 0. The molecule has 3 aromatic rings. The summed E-state index contributed by atoms with van der Waals surface area (Å²) in [4.78, 5) is 26.5. The number of carbonyl (C=O) groups is 2. The lowest BCUT2D eigenvalue weighted by molar-refractivity contribution is -0.125. The van der Waals surface area contributed by atoms with E-state index in [4.69, 9.17) is 0 Å². The van der Waals surface area contributed by atoms with Crippen LogP contribution in [-0.4, -0.2) is 23.4 Å². The van der Waals surface area contributed by atoms with E-state index in [2.05, 4.69) is 29.7 Å². The molecule has 0 radical (unpaired) electrons. The molecule has 1 saturated heterocycles. The maximum atomic E-state index is 12.8. The number of anilines is 1. The van der Waals surface area contributed by atoms with Crippen LogP contribution in [0.5, 0.6) is 0 Å². The number of carbonyl (C=O) groups excluding carboxylic acids is 2. The Morgan fingerprint density at radius 1 is 0.806 bits per heavy atom. The maximum Gasteiger partial charge on any atom is 0.238 e. The minimum Gasteiger partial charge on any atom is -0.312 e. The molecule has 1 heterocycles. The summed E-state index contributed by atoms with van der Waals surface area (Å²) in [5.74, 6) is 0.111. The van der Waals surface area contributed by atoms with Gasteiger partial charge >= 0.3 is 0 Å². The normalized spacial score (nSPS) is 13.6. The highest BCUT2D eigenvalue weighted by atomic mass is 16.2. The Labute approximate surface area is 183 Å². The molecule has 3 aromatic carbocycles. The number of amides is 2. The summed E-state index contributed by atoms with van der Waals surface area (Å²) in [6.45, 7) is 2.02. The fourth-order valence-electron chi connectivity index (χ4n) is 3.86. The number of hydrogen-bond acceptors (Lipinski definition) is 3. The number of hydrogen-bond donors (Lipinski definition) is 1. The minimum atomic E-state index is -0.0585. The van der Waals surface area contributed by atoms with Crippen LogP contribution in [0.15, 0.2) is 84.9 Å². The number of nitrogens with zero attached hydrogens (tertiary/aromatic N) is 2. The van der Waals surface area contributed by atoms with Crippen LogP contribution in [-0.2, 0) is 29.1 Å². The summed E-state index contributed by atoms with van der Waals surface area (Å²) in [5, 5.41) is 1.95. The van der Waals surface area contributed by atoms with E-state index in [1.807, 2.05) is 70.6 Å². The highest BCUT2D eigenvalue weighted by molar-refractivity contribution is 5.95. The zero-order valence-corrected chi connectivity index (χ0v) is 17.5. The molecule has 4 rings (SSSR count). The van der Waals surface area contributed by atoms with Gasteiger partial charge in [-0.2, -0.15) is 0 Å². The van der Waals surface area contributed by atoms with Crippen LogP contribution >= 0.6 is 0 Å². The van der Waals surface area contributed by atoms with Crippen molar-refractivity contribution in [3.05, 3.63) is 102 Å². The third-order valence-electron chi connectivity index (χ3n) is 5.40. The quantitative estimate of drug-likeness (QED) is 0.566. The third-order valence-corrected chi connectivity index (χ3v) is 5.40. The van der Waals surface area contributed by atoms with Crippen LogP contribution in [0.25, 0.3) is 0 Å². The van der Waals surface area contributed by atoms with Crippen molar-refractivity contribution in [1.82, 2.24) is 10.4 Å². The second kappa shape index (κ2) is 10.0. The first kappa shape index (κ1) is 20.8. The van der Waals surface area contributed by atoms with E-state index in [9.17, 15) is 9.59 Å². The molecule has 158 valence electrons. The fraction of sp³-hybridized carbons (Fsp3) is 0.231. The fourth-order valence-corrected chi connectivity index (χ4v) is 3.86. The molecule has 1 aliphatic rings. The highest BCUT2D eigenvalue weighted by Gasteiger charge is 2.21. The lowest BCUT2D eigenvalue weighted by Gasteiger charge is -2.23. The lowest BCUT2D eigenvalue weighted by Crippen LogP contribution is -2.42. The van der Waals surface area contributed by atoms with Gasteiger partial charge < -0.3 is 4.90 Å². The predicted octanol–water partition coefficient (Wildman–Crippen LogP) is 4.09. The van der Waals surface area contributed by atoms with Crippen molar-refractivity contribution in [2.24, 2.45) is 0 Å². The van der Waals surface area contributed by atoms with Gasteiger partial charge in [0, 0.05) is 31.7 Å². The summed E-state index contributed by atoms with van der Waals surface area (Å²) in [6, 6.07) is 27.9. The second-order valence-electron chi connectivity index (χ2n) is 7.85. The van der Waals surface area contributed by atoms with Gasteiger partial charge in [-0.3, -0.25) is 15.0 Å². The van der Waals surface area contributed by atoms with Gasteiger partial charge in [0.1, 0.15) is 0 Å². The Morgan fingerprint density at radius 2 is 1.39 bits per heavy atom. The molecule has 5 heteroatoms. The molecule has 0 aliphatic carbocycles. The largest absolute Gasteiger partial charge is 0.312 e. The number of nitrogens with one attached hydrogen (secondary N) is 1. The van der Waals surface area contributed by atoms with E-state index < -0.39 is 0 Å². The van der Waals surface area contributed by atoms with Crippen molar-refractivity contribution in [2.45, 2.75) is 32.4 Å². The van der Waals surface area contributed by atoms with Gasteiger partial charge in [-0.15, -0.1) is 0 Å². The van der Waals surface area contributed by atoms with Crippen molar-refractivity contribution in [2.75, 3.05) is 11.4 Å². The molecule has 0 saturated carbocycles. The maximum absolute atomic E-state index is 12.8. The van der Waals surface area contributed by atoms with E-state index in [-0.39, 0.29) is 18.2 Å². The minimum absolute atomic E-state index is 0.0585. The average Bonchev–Trinajstić information content (AvgIpc) is 3.21. The van der Waals surface area contributed by atoms with Crippen molar-refractivity contribution in [3.63, 3.8) is 0 Å². The van der Waals surface area contributed by atoms with E-state index in [1.54, 1.807) is 0 Å². The summed E-state index contributed by atoms with van der Waals surface area (Å²) in [5.41, 5.74) is 7.17. The van der Waals surface area contributed by atoms with Gasteiger partial charge in [-0.05, 0) is 35.2 Å². The van der Waals surface area contributed by atoms with Crippen molar-refractivity contribution >= 4 is 17.5 Å². The van der Waals surface area contributed by atoms with Crippen molar-refractivity contribution < 1.29 is 9.59 Å². The Morgan fingerprint density at radius 3 is 1.90 bits per heavy atom. The SMILES string of the molecule is O=C(Cc1ccc(N2CCCC2=O)cc1)NN(Cc1ccccc1)Cc1ccccc1. The summed E-state index contributed by atoms with van der Waals surface area (Å²) < 4.78 is 0. The van der Waals surface area contributed by atoms with Crippen LogP contribution in [0.4, 0.5) is 5.69 Å². The predicted molar refractivity (Wildman–Crippen MR) is 122 cm³/mol.